The highest BCUT2D eigenvalue weighted by Gasteiger charge is 2.20. The van der Waals surface area contributed by atoms with Gasteiger partial charge in [0.1, 0.15) is 6.20 Å². The Bertz CT molecular complexity index is 1040. The number of para-hydroxylation sites is 3. The van der Waals surface area contributed by atoms with E-state index in [0.717, 1.165) is 45.0 Å². The molecule has 0 saturated heterocycles. The molecule has 109 valence electrons. The first-order chi connectivity index (χ1) is 11.4. The number of anilines is 2. The van der Waals surface area contributed by atoms with Gasteiger partial charge in [0.2, 0.25) is 0 Å². The molecule has 23 heavy (non-hydrogen) atoms. The lowest BCUT2D eigenvalue weighted by molar-refractivity contribution is 0.454. The zero-order valence-corrected chi connectivity index (χ0v) is 12.0. The summed E-state index contributed by atoms with van der Waals surface area (Å²) in [5.74, 6) is 1.63. The van der Waals surface area contributed by atoms with Crippen LogP contribution in [-0.4, -0.2) is 5.16 Å². The molecule has 1 aromatic heterocycles. The van der Waals surface area contributed by atoms with E-state index in [9.17, 15) is 0 Å². The molecular weight excluding hydrogens is 288 g/mol. The number of fused-ring (bicyclic) bond motifs is 3. The Morgan fingerprint density at radius 1 is 0.826 bits per heavy atom. The van der Waals surface area contributed by atoms with E-state index in [4.69, 9.17) is 9.26 Å². The van der Waals surface area contributed by atoms with Crippen LogP contribution in [-0.2, 0) is 0 Å². The number of nitrogens with one attached hydrogen (secondary N) is 1. The average molecular weight is 299 g/mol. The molecule has 1 aliphatic heterocycles. The first-order valence-corrected chi connectivity index (χ1v) is 7.33. The number of ether oxygens (including phenoxy) is 1. The van der Waals surface area contributed by atoms with Crippen LogP contribution >= 0.6 is 0 Å². The van der Waals surface area contributed by atoms with Crippen molar-refractivity contribution in [2.75, 3.05) is 5.32 Å². The molecule has 0 amide bonds. The summed E-state index contributed by atoms with van der Waals surface area (Å²) < 4.78 is 11.2. The SMILES string of the molecule is [c]1noc2cccc(-c3cccc4c3Nc3ccccc3O4)c12. The molecule has 4 aromatic rings. The van der Waals surface area contributed by atoms with Crippen LogP contribution in [0.15, 0.2) is 65.2 Å². The minimum Gasteiger partial charge on any atom is -0.453 e. The Labute approximate surface area is 132 Å². The Hall–Kier alpha value is -3.27. The third-order valence-electron chi connectivity index (χ3n) is 4.01. The summed E-state index contributed by atoms with van der Waals surface area (Å²) in [4.78, 5) is 0. The van der Waals surface area contributed by atoms with Gasteiger partial charge in [0.15, 0.2) is 17.1 Å². The van der Waals surface area contributed by atoms with Gasteiger partial charge in [-0.3, -0.25) is 0 Å². The highest BCUT2D eigenvalue weighted by Crippen LogP contribution is 2.47. The lowest BCUT2D eigenvalue weighted by Crippen LogP contribution is -2.04. The lowest BCUT2D eigenvalue weighted by Gasteiger charge is -2.24. The van der Waals surface area contributed by atoms with E-state index in [1.54, 1.807) is 0 Å². The molecule has 0 atom stereocenters. The lowest BCUT2D eigenvalue weighted by atomic mass is 9.99. The van der Waals surface area contributed by atoms with E-state index >= 15 is 0 Å². The van der Waals surface area contributed by atoms with Crippen molar-refractivity contribution >= 4 is 22.3 Å². The fourth-order valence-corrected chi connectivity index (χ4v) is 2.95. The summed E-state index contributed by atoms with van der Waals surface area (Å²) in [6.45, 7) is 0. The van der Waals surface area contributed by atoms with Crippen LogP contribution in [0.5, 0.6) is 11.5 Å². The molecule has 1 aliphatic rings. The number of hydrogen-bond donors (Lipinski definition) is 1. The molecule has 0 bridgehead atoms. The maximum atomic E-state index is 6.02. The van der Waals surface area contributed by atoms with Crippen molar-refractivity contribution in [3.05, 3.63) is 66.9 Å². The predicted molar refractivity (Wildman–Crippen MR) is 88.1 cm³/mol. The van der Waals surface area contributed by atoms with E-state index in [1.165, 1.54) is 0 Å². The minimum absolute atomic E-state index is 0.720. The van der Waals surface area contributed by atoms with Crippen molar-refractivity contribution in [3.8, 4) is 22.6 Å². The number of benzene rings is 3. The van der Waals surface area contributed by atoms with Crippen molar-refractivity contribution in [2.24, 2.45) is 0 Å². The van der Waals surface area contributed by atoms with Crippen LogP contribution in [0.2, 0.25) is 0 Å². The Morgan fingerprint density at radius 2 is 1.65 bits per heavy atom. The van der Waals surface area contributed by atoms with Crippen molar-refractivity contribution in [1.29, 1.82) is 0 Å². The molecule has 2 heterocycles. The first-order valence-electron chi connectivity index (χ1n) is 7.33. The molecular formula is C19H11N2O2. The molecule has 5 rings (SSSR count). The fourth-order valence-electron chi connectivity index (χ4n) is 2.95. The largest absolute Gasteiger partial charge is 0.453 e. The van der Waals surface area contributed by atoms with Gasteiger partial charge in [-0.1, -0.05) is 41.6 Å². The van der Waals surface area contributed by atoms with Crippen LogP contribution in [0.3, 0.4) is 0 Å². The van der Waals surface area contributed by atoms with E-state index in [1.807, 2.05) is 54.6 Å². The Morgan fingerprint density at radius 3 is 2.65 bits per heavy atom. The van der Waals surface area contributed by atoms with Gasteiger partial charge >= 0.3 is 0 Å². The molecule has 0 spiro atoms. The van der Waals surface area contributed by atoms with Gasteiger partial charge in [-0.05, 0) is 29.8 Å². The van der Waals surface area contributed by atoms with Gasteiger partial charge in [-0.25, -0.2) is 0 Å². The molecule has 1 N–H and O–H groups in total. The molecule has 0 saturated carbocycles. The minimum atomic E-state index is 0.720. The summed E-state index contributed by atoms with van der Waals surface area (Å²) in [6, 6.07) is 19.8. The highest BCUT2D eigenvalue weighted by molar-refractivity contribution is 5.99. The van der Waals surface area contributed by atoms with Crippen LogP contribution in [0.4, 0.5) is 11.4 Å². The van der Waals surface area contributed by atoms with E-state index in [0.29, 0.717) is 0 Å². The first kappa shape index (κ1) is 12.3. The summed E-state index contributed by atoms with van der Waals surface area (Å²) in [7, 11) is 0. The van der Waals surface area contributed by atoms with Crippen molar-refractivity contribution in [2.45, 2.75) is 0 Å². The topological polar surface area (TPSA) is 47.3 Å². The molecule has 1 radical (unpaired) electrons. The van der Waals surface area contributed by atoms with Gasteiger partial charge < -0.3 is 14.6 Å². The summed E-state index contributed by atoms with van der Waals surface area (Å²) in [6.07, 6.45) is 2.93. The van der Waals surface area contributed by atoms with Crippen LogP contribution in [0.25, 0.3) is 22.1 Å². The smallest absolute Gasteiger partial charge is 0.168 e. The summed E-state index contributed by atoms with van der Waals surface area (Å²) in [5.41, 5.74) is 4.65. The maximum absolute atomic E-state index is 6.02. The Balaban J connectivity index is 1.74. The molecule has 0 fully saturated rings. The van der Waals surface area contributed by atoms with Crippen LogP contribution < -0.4 is 10.1 Å². The zero-order valence-electron chi connectivity index (χ0n) is 12.0. The molecule has 4 nitrogen and oxygen atoms in total. The average Bonchev–Trinajstić information content (AvgIpc) is 3.08. The van der Waals surface area contributed by atoms with Crippen molar-refractivity contribution in [3.63, 3.8) is 0 Å². The second-order valence-corrected chi connectivity index (χ2v) is 5.38. The molecule has 3 aromatic carbocycles. The van der Waals surface area contributed by atoms with Crippen LogP contribution in [0, 0.1) is 6.20 Å². The van der Waals surface area contributed by atoms with Gasteiger partial charge in [0, 0.05) is 5.56 Å². The van der Waals surface area contributed by atoms with Gasteiger partial charge in [0.25, 0.3) is 0 Å². The van der Waals surface area contributed by atoms with Gasteiger partial charge in [-0.15, -0.1) is 0 Å². The van der Waals surface area contributed by atoms with E-state index in [2.05, 4.69) is 22.7 Å². The number of nitrogens with zero attached hydrogens (tertiary/aromatic N) is 1. The standard InChI is InChI=1S/C19H11N2O2/c1-2-8-17-15(7-1)21-19-13(6-4-10-18(19)22-17)12-5-3-9-16-14(12)11-20-23-16/h1-10,21H. The predicted octanol–water partition coefficient (Wildman–Crippen LogP) is 5.14. The third-order valence-corrected chi connectivity index (χ3v) is 4.01. The monoisotopic (exact) mass is 299 g/mol. The second-order valence-electron chi connectivity index (χ2n) is 5.38. The third kappa shape index (κ3) is 1.82. The fraction of sp³-hybridized carbons (Fsp3) is 0. The zero-order chi connectivity index (χ0) is 15.2. The summed E-state index contributed by atoms with van der Waals surface area (Å²) >= 11 is 0. The Kier molecular flexibility index (Phi) is 2.46. The van der Waals surface area contributed by atoms with E-state index < -0.39 is 0 Å². The number of rotatable bonds is 1. The molecule has 0 aliphatic carbocycles. The normalized spacial score (nSPS) is 12.2. The second kappa shape index (κ2) is 4.61. The molecule has 4 heteroatoms. The van der Waals surface area contributed by atoms with Gasteiger partial charge in [0.05, 0.1) is 16.8 Å². The van der Waals surface area contributed by atoms with Crippen LogP contribution in [0.1, 0.15) is 0 Å². The maximum Gasteiger partial charge on any atom is 0.168 e. The van der Waals surface area contributed by atoms with Gasteiger partial charge in [-0.2, -0.15) is 0 Å². The number of aromatic nitrogens is 1. The van der Waals surface area contributed by atoms with Crippen molar-refractivity contribution in [1.82, 2.24) is 5.16 Å². The number of hydrogen-bond acceptors (Lipinski definition) is 4. The quantitative estimate of drug-likeness (QED) is 0.465. The van der Waals surface area contributed by atoms with E-state index in [-0.39, 0.29) is 0 Å². The highest BCUT2D eigenvalue weighted by atomic mass is 16.5. The summed E-state index contributed by atoms with van der Waals surface area (Å²) in [5, 5.41) is 8.12. The molecule has 0 unspecified atom stereocenters. The van der Waals surface area contributed by atoms with Crippen molar-refractivity contribution < 1.29 is 9.26 Å².